The Bertz CT molecular complexity index is 1200. The number of benzene rings is 1. The first-order chi connectivity index (χ1) is 18.6. The Labute approximate surface area is 229 Å². The van der Waals surface area contributed by atoms with E-state index in [4.69, 9.17) is 9.47 Å². The Morgan fingerprint density at radius 2 is 1.65 bits per heavy atom. The lowest BCUT2D eigenvalue weighted by Crippen LogP contribution is -2.69. The molecule has 40 heavy (non-hydrogen) atoms. The lowest BCUT2D eigenvalue weighted by Gasteiger charge is -2.51. The second kappa shape index (κ2) is 11.6. The van der Waals surface area contributed by atoms with Crippen molar-refractivity contribution >= 4 is 21.3 Å². The fourth-order valence-corrected chi connectivity index (χ4v) is 6.12. The summed E-state index contributed by atoms with van der Waals surface area (Å²) in [5, 5.41) is 2.46. The van der Waals surface area contributed by atoms with E-state index in [1.165, 1.54) is 0 Å². The molecule has 2 atom stereocenters. The van der Waals surface area contributed by atoms with Gasteiger partial charge in [0.1, 0.15) is 6.23 Å². The third-order valence-corrected chi connectivity index (χ3v) is 8.21. The summed E-state index contributed by atoms with van der Waals surface area (Å²) in [7, 11) is -2.51. The number of carbonyl (C=O) groups is 1. The molecule has 3 aliphatic heterocycles. The Hall–Kier alpha value is -2.20. The highest BCUT2D eigenvalue weighted by molar-refractivity contribution is 7.72. The number of alkyl halides is 6. The van der Waals surface area contributed by atoms with Gasteiger partial charge in [-0.1, -0.05) is 13.8 Å². The topological polar surface area (TPSA) is 88.2 Å². The van der Waals surface area contributed by atoms with E-state index in [9.17, 15) is 39.6 Å². The summed E-state index contributed by atoms with van der Waals surface area (Å²) >= 11 is 0. The van der Waals surface area contributed by atoms with E-state index >= 15 is 0 Å². The normalized spacial score (nSPS) is 23.7. The van der Waals surface area contributed by atoms with E-state index < -0.39 is 57.9 Å². The summed E-state index contributed by atoms with van der Waals surface area (Å²) in [6.07, 6.45) is -9.55. The maximum atomic E-state index is 13.4. The SMILES string of the molecule is CC(C)CC1(C(=O)NCc2cc(C(F)(F)F)cc(C(F)(F)F)c2)CCN(CCN2C3COC(=S(=O)=O)C2O3)CC1. The molecule has 2 unspecified atom stereocenters. The number of ether oxygens (including phenoxy) is 2. The van der Waals surface area contributed by atoms with Gasteiger partial charge in [-0.15, -0.1) is 0 Å². The van der Waals surface area contributed by atoms with E-state index in [0.29, 0.717) is 57.6 Å². The molecular weight excluding hydrogens is 568 g/mol. The largest absolute Gasteiger partial charge is 0.416 e. The van der Waals surface area contributed by atoms with Crippen LogP contribution in [0, 0.1) is 11.3 Å². The van der Waals surface area contributed by atoms with Crippen molar-refractivity contribution < 1.29 is 49.0 Å². The van der Waals surface area contributed by atoms with Crippen molar-refractivity contribution in [2.45, 2.75) is 64.5 Å². The van der Waals surface area contributed by atoms with E-state index in [1.807, 2.05) is 18.7 Å². The van der Waals surface area contributed by atoms with Gasteiger partial charge in [-0.05, 0) is 62.0 Å². The van der Waals surface area contributed by atoms with Crippen LogP contribution in [0.1, 0.15) is 49.8 Å². The van der Waals surface area contributed by atoms with Crippen LogP contribution < -0.4 is 5.32 Å². The molecule has 3 aliphatic rings. The van der Waals surface area contributed by atoms with Gasteiger partial charge in [0, 0.05) is 19.6 Å². The summed E-state index contributed by atoms with van der Waals surface area (Å²) in [5.74, 6) is -0.269. The number of nitrogens with zero attached hydrogens (tertiary/aromatic N) is 2. The summed E-state index contributed by atoms with van der Waals surface area (Å²) in [6, 6.07) is 1.31. The van der Waals surface area contributed by atoms with Crippen LogP contribution >= 0.6 is 0 Å². The highest BCUT2D eigenvalue weighted by Crippen LogP contribution is 2.39. The first kappa shape index (κ1) is 30.8. The molecular formula is C25H31F6N3O5S. The fraction of sp³-hybridized carbons (Fsp3) is 0.680. The van der Waals surface area contributed by atoms with Crippen LogP contribution in [0.25, 0.3) is 0 Å². The lowest BCUT2D eigenvalue weighted by molar-refractivity contribution is -0.289. The third kappa shape index (κ3) is 6.81. The number of rotatable bonds is 8. The van der Waals surface area contributed by atoms with Gasteiger partial charge in [0.05, 0.1) is 23.1 Å². The predicted molar refractivity (Wildman–Crippen MR) is 131 cm³/mol. The van der Waals surface area contributed by atoms with Crippen LogP contribution in [-0.4, -0.2) is 74.4 Å². The molecule has 3 heterocycles. The second-order valence-electron chi connectivity index (χ2n) is 10.9. The van der Waals surface area contributed by atoms with Crippen molar-refractivity contribution in [3.05, 3.63) is 34.9 Å². The number of fused-ring (bicyclic) bond motifs is 2. The molecule has 3 saturated heterocycles. The quantitative estimate of drug-likeness (QED) is 0.362. The van der Waals surface area contributed by atoms with Crippen molar-refractivity contribution in [1.29, 1.82) is 0 Å². The van der Waals surface area contributed by atoms with E-state index in [1.54, 1.807) is 0 Å². The van der Waals surface area contributed by atoms with Crippen LogP contribution in [0.5, 0.6) is 0 Å². The van der Waals surface area contributed by atoms with Crippen LogP contribution in [0.15, 0.2) is 18.2 Å². The van der Waals surface area contributed by atoms with Crippen LogP contribution in [-0.2, 0) is 43.5 Å². The van der Waals surface area contributed by atoms with Crippen molar-refractivity contribution in [2.24, 2.45) is 11.3 Å². The first-order valence-electron chi connectivity index (χ1n) is 12.9. The molecule has 0 spiro atoms. The minimum Gasteiger partial charge on any atom is -0.352 e. The lowest BCUT2D eigenvalue weighted by atomic mass is 9.72. The van der Waals surface area contributed by atoms with Crippen LogP contribution in [0.3, 0.4) is 0 Å². The summed E-state index contributed by atoms with van der Waals surface area (Å²) < 4.78 is 113. The Balaban J connectivity index is 1.39. The van der Waals surface area contributed by atoms with Gasteiger partial charge >= 0.3 is 12.4 Å². The van der Waals surface area contributed by atoms with E-state index in [0.717, 1.165) is 0 Å². The van der Waals surface area contributed by atoms with Crippen molar-refractivity contribution in [1.82, 2.24) is 15.1 Å². The fourth-order valence-electron chi connectivity index (χ4n) is 5.60. The molecule has 4 rings (SSSR count). The highest BCUT2D eigenvalue weighted by atomic mass is 32.2. The highest BCUT2D eigenvalue weighted by Gasteiger charge is 2.49. The maximum Gasteiger partial charge on any atom is 0.416 e. The van der Waals surface area contributed by atoms with E-state index in [-0.39, 0.29) is 35.4 Å². The molecule has 15 heteroatoms. The minimum absolute atomic E-state index is 0.0622. The molecule has 3 fully saturated rings. The molecule has 1 amide bonds. The first-order valence-corrected chi connectivity index (χ1v) is 14.0. The Morgan fingerprint density at radius 3 is 2.15 bits per heavy atom. The Kier molecular flexibility index (Phi) is 8.91. The van der Waals surface area contributed by atoms with Gasteiger partial charge in [-0.3, -0.25) is 4.79 Å². The van der Waals surface area contributed by atoms with Crippen molar-refractivity contribution in [2.75, 3.05) is 32.8 Å². The number of hydrogen-bond donors (Lipinski definition) is 1. The number of halogens is 6. The zero-order valence-electron chi connectivity index (χ0n) is 21.9. The third-order valence-electron chi connectivity index (χ3n) is 7.56. The van der Waals surface area contributed by atoms with Gasteiger partial charge in [0.25, 0.3) is 0 Å². The molecule has 224 valence electrons. The van der Waals surface area contributed by atoms with Gasteiger partial charge in [0.15, 0.2) is 6.23 Å². The molecule has 0 aromatic heterocycles. The molecule has 1 aromatic carbocycles. The minimum atomic E-state index is -4.97. The van der Waals surface area contributed by atoms with Gasteiger partial charge < -0.3 is 19.7 Å². The maximum absolute atomic E-state index is 13.4. The smallest absolute Gasteiger partial charge is 0.352 e. The van der Waals surface area contributed by atoms with Gasteiger partial charge in [0.2, 0.25) is 21.3 Å². The molecule has 0 radical (unpaired) electrons. The number of carbonyl (C=O) groups excluding carboxylic acids is 1. The molecule has 8 nitrogen and oxygen atoms in total. The van der Waals surface area contributed by atoms with Crippen LogP contribution in [0.4, 0.5) is 26.3 Å². The summed E-state index contributed by atoms with van der Waals surface area (Å²) in [4.78, 5) is 17.4. The van der Waals surface area contributed by atoms with Crippen molar-refractivity contribution in [3.63, 3.8) is 0 Å². The predicted octanol–water partition coefficient (Wildman–Crippen LogP) is 3.49. The number of amides is 1. The average Bonchev–Trinajstić information content (AvgIpc) is 2.86. The number of nitrogens with one attached hydrogen (secondary N) is 1. The summed E-state index contributed by atoms with van der Waals surface area (Å²) in [5.41, 5.74) is -3.95. The second-order valence-corrected chi connectivity index (χ2v) is 11.7. The number of likely N-dealkylation sites (tertiary alicyclic amines) is 1. The molecule has 1 N–H and O–H groups in total. The Morgan fingerprint density at radius 1 is 1.05 bits per heavy atom. The monoisotopic (exact) mass is 599 g/mol. The van der Waals surface area contributed by atoms with E-state index in [2.05, 4.69) is 10.2 Å². The zero-order chi connectivity index (χ0) is 29.5. The van der Waals surface area contributed by atoms with Crippen LogP contribution in [0.2, 0.25) is 0 Å². The molecule has 0 aliphatic carbocycles. The zero-order valence-corrected chi connectivity index (χ0v) is 22.8. The molecule has 1 aromatic rings. The number of hydrogen-bond acceptors (Lipinski definition) is 7. The van der Waals surface area contributed by atoms with Crippen molar-refractivity contribution in [3.8, 4) is 0 Å². The van der Waals surface area contributed by atoms with Gasteiger partial charge in [-0.25, -0.2) is 4.90 Å². The summed E-state index contributed by atoms with van der Waals surface area (Å²) in [6.45, 7) is 5.77. The standard InChI is InChI=1S/C25H31F6N3O5S/c1-15(2)12-23(22(35)32-13-16-9-17(24(26,27)28)11-18(10-16)25(29,30)31)3-5-33(6-4-23)7-8-34-19-14-38-21(40(36)37)20(34)39-19/h9-11,15,19-20H,3-8,12-14H2,1-2H3,(H,32,35). The van der Waals surface area contributed by atoms with Gasteiger partial charge in [-0.2, -0.15) is 34.8 Å². The molecule has 0 saturated carbocycles. The number of morpholine rings is 1. The average molecular weight is 600 g/mol. The number of piperidine rings is 1. The molecule has 2 bridgehead atoms.